The van der Waals surface area contributed by atoms with Crippen LogP contribution in [0.5, 0.6) is 0 Å². The zero-order valence-corrected chi connectivity index (χ0v) is 7.06. The molecule has 1 heterocycles. The summed E-state index contributed by atoms with van der Waals surface area (Å²) in [6.07, 6.45) is 4.93. The molecule has 1 N–H and O–H groups in total. The van der Waals surface area contributed by atoms with E-state index in [1.165, 1.54) is 11.1 Å². The van der Waals surface area contributed by atoms with Gasteiger partial charge in [-0.3, -0.25) is 0 Å². The molecule has 0 aromatic heterocycles. The topological polar surface area (TPSA) is 12.0 Å². The van der Waals surface area contributed by atoms with Crippen LogP contribution < -0.4 is 5.32 Å². The van der Waals surface area contributed by atoms with Crippen LogP contribution in [0.15, 0.2) is 36.5 Å². The van der Waals surface area contributed by atoms with Crippen LogP contribution in [0.25, 0.3) is 0 Å². The van der Waals surface area contributed by atoms with Gasteiger partial charge in [0.15, 0.2) is 0 Å². The summed E-state index contributed by atoms with van der Waals surface area (Å²) >= 11 is 0. The predicted molar refractivity (Wildman–Crippen MR) is 49.5 cm³/mol. The van der Waals surface area contributed by atoms with Crippen LogP contribution in [-0.4, -0.2) is 12.6 Å². The van der Waals surface area contributed by atoms with Crippen LogP contribution in [-0.2, 0) is 0 Å². The van der Waals surface area contributed by atoms with E-state index >= 15 is 0 Å². The van der Waals surface area contributed by atoms with Crippen LogP contribution >= 0.6 is 0 Å². The number of nitrogens with one attached hydrogen (secondary N) is 1. The molecule has 0 aromatic carbocycles. The Hall–Kier alpha value is -0.820. The molecule has 0 saturated heterocycles. The van der Waals surface area contributed by atoms with Crippen molar-refractivity contribution in [1.29, 1.82) is 0 Å². The van der Waals surface area contributed by atoms with Gasteiger partial charge in [0.2, 0.25) is 0 Å². The summed E-state index contributed by atoms with van der Waals surface area (Å²) < 4.78 is 0. The fourth-order valence-electron chi connectivity index (χ4n) is 1.35. The maximum absolute atomic E-state index is 3.78. The van der Waals surface area contributed by atoms with Gasteiger partial charge in [-0.1, -0.05) is 25.3 Å². The van der Waals surface area contributed by atoms with Gasteiger partial charge in [0.1, 0.15) is 0 Å². The lowest BCUT2D eigenvalue weighted by Gasteiger charge is -2.22. The quantitative estimate of drug-likeness (QED) is 0.633. The molecule has 0 saturated carbocycles. The smallest absolute Gasteiger partial charge is 0.0210 e. The molecule has 0 bridgehead atoms. The maximum atomic E-state index is 3.78. The van der Waals surface area contributed by atoms with Crippen molar-refractivity contribution < 1.29 is 0 Å². The molecular weight excluding hydrogens is 134 g/mol. The average molecular weight is 149 g/mol. The lowest BCUT2D eigenvalue weighted by atomic mass is 9.97. The van der Waals surface area contributed by atoms with Crippen molar-refractivity contribution in [2.45, 2.75) is 19.4 Å². The molecule has 1 aliphatic rings. The first-order valence-electron chi connectivity index (χ1n) is 3.98. The molecule has 1 atom stereocenters. The van der Waals surface area contributed by atoms with Crippen molar-refractivity contribution in [1.82, 2.24) is 5.32 Å². The second kappa shape index (κ2) is 3.54. The number of rotatable bonds is 2. The second-order valence-electron chi connectivity index (χ2n) is 2.94. The standard InChI is InChI=1S/C10H15N/c1-4-9-6-8(3)11-7-10(9)5-2/h4-5,8,11H,1-2,6-7H2,3H3. The Morgan fingerprint density at radius 1 is 1.36 bits per heavy atom. The van der Waals surface area contributed by atoms with Gasteiger partial charge in [-0.25, -0.2) is 0 Å². The third-order valence-electron chi connectivity index (χ3n) is 2.07. The Balaban J connectivity index is 2.82. The Morgan fingerprint density at radius 2 is 2.00 bits per heavy atom. The monoisotopic (exact) mass is 149 g/mol. The molecule has 60 valence electrons. The molecule has 1 rings (SSSR count). The summed E-state index contributed by atoms with van der Waals surface area (Å²) in [6, 6.07) is 0.576. The summed E-state index contributed by atoms with van der Waals surface area (Å²) in [5.74, 6) is 0. The first kappa shape index (κ1) is 8.28. The van der Waals surface area contributed by atoms with Gasteiger partial charge >= 0.3 is 0 Å². The van der Waals surface area contributed by atoms with Crippen LogP contribution in [0.2, 0.25) is 0 Å². The van der Waals surface area contributed by atoms with E-state index < -0.39 is 0 Å². The number of hydrogen-bond acceptors (Lipinski definition) is 1. The van der Waals surface area contributed by atoms with Crippen LogP contribution in [0.3, 0.4) is 0 Å². The highest BCUT2D eigenvalue weighted by molar-refractivity contribution is 5.34. The van der Waals surface area contributed by atoms with Crippen LogP contribution in [0.4, 0.5) is 0 Å². The minimum absolute atomic E-state index is 0.576. The van der Waals surface area contributed by atoms with Gasteiger partial charge in [-0.05, 0) is 24.5 Å². The van der Waals surface area contributed by atoms with E-state index in [4.69, 9.17) is 0 Å². The van der Waals surface area contributed by atoms with E-state index in [0.717, 1.165) is 13.0 Å². The second-order valence-corrected chi connectivity index (χ2v) is 2.94. The lowest BCUT2D eigenvalue weighted by molar-refractivity contribution is 0.550. The van der Waals surface area contributed by atoms with E-state index in [0.29, 0.717) is 6.04 Å². The van der Waals surface area contributed by atoms with E-state index in [1.54, 1.807) is 0 Å². The minimum Gasteiger partial charge on any atom is -0.310 e. The number of allylic oxidation sites excluding steroid dienone is 1. The third kappa shape index (κ3) is 1.81. The largest absolute Gasteiger partial charge is 0.310 e. The Morgan fingerprint density at radius 3 is 2.55 bits per heavy atom. The highest BCUT2D eigenvalue weighted by Crippen LogP contribution is 2.17. The Kier molecular flexibility index (Phi) is 2.66. The summed E-state index contributed by atoms with van der Waals surface area (Å²) in [7, 11) is 0. The van der Waals surface area contributed by atoms with Crippen molar-refractivity contribution in [2.75, 3.05) is 6.54 Å². The van der Waals surface area contributed by atoms with E-state index in [2.05, 4.69) is 25.4 Å². The molecule has 11 heavy (non-hydrogen) atoms. The van der Waals surface area contributed by atoms with Crippen molar-refractivity contribution in [3.05, 3.63) is 36.5 Å². The summed E-state index contributed by atoms with van der Waals surface area (Å²) in [5, 5.41) is 3.37. The predicted octanol–water partition coefficient (Wildman–Crippen LogP) is 2.04. The molecule has 0 aromatic rings. The fourth-order valence-corrected chi connectivity index (χ4v) is 1.35. The van der Waals surface area contributed by atoms with Gasteiger partial charge in [0.05, 0.1) is 0 Å². The van der Waals surface area contributed by atoms with Crippen molar-refractivity contribution in [3.63, 3.8) is 0 Å². The number of hydrogen-bond donors (Lipinski definition) is 1. The first-order chi connectivity index (χ1) is 5.27. The molecule has 0 spiro atoms. The Bertz CT molecular complexity index is 201. The highest BCUT2D eigenvalue weighted by Gasteiger charge is 2.12. The first-order valence-corrected chi connectivity index (χ1v) is 3.98. The third-order valence-corrected chi connectivity index (χ3v) is 2.07. The zero-order chi connectivity index (χ0) is 8.27. The van der Waals surface area contributed by atoms with Crippen molar-refractivity contribution in [2.24, 2.45) is 0 Å². The molecule has 0 fully saturated rings. The van der Waals surface area contributed by atoms with Gasteiger partial charge in [-0.15, -0.1) is 0 Å². The van der Waals surface area contributed by atoms with Crippen molar-refractivity contribution >= 4 is 0 Å². The zero-order valence-electron chi connectivity index (χ0n) is 7.06. The molecular formula is C10H15N. The van der Waals surface area contributed by atoms with Crippen LogP contribution in [0, 0.1) is 0 Å². The average Bonchev–Trinajstić information content (AvgIpc) is 2.04. The summed E-state index contributed by atoms with van der Waals surface area (Å²) in [6.45, 7) is 10.7. The van der Waals surface area contributed by atoms with E-state index in [-0.39, 0.29) is 0 Å². The lowest BCUT2D eigenvalue weighted by Crippen LogP contribution is -2.32. The molecule has 1 aliphatic heterocycles. The molecule has 0 amide bonds. The minimum atomic E-state index is 0.576. The van der Waals surface area contributed by atoms with E-state index in [9.17, 15) is 0 Å². The van der Waals surface area contributed by atoms with E-state index in [1.807, 2.05) is 12.2 Å². The summed E-state index contributed by atoms with van der Waals surface area (Å²) in [4.78, 5) is 0. The molecule has 1 nitrogen and oxygen atoms in total. The maximum Gasteiger partial charge on any atom is 0.0210 e. The Labute approximate surface area is 68.5 Å². The van der Waals surface area contributed by atoms with Crippen molar-refractivity contribution in [3.8, 4) is 0 Å². The molecule has 0 radical (unpaired) electrons. The van der Waals surface area contributed by atoms with Gasteiger partial charge < -0.3 is 5.32 Å². The van der Waals surface area contributed by atoms with Gasteiger partial charge in [-0.2, -0.15) is 0 Å². The van der Waals surface area contributed by atoms with Crippen LogP contribution in [0.1, 0.15) is 13.3 Å². The molecule has 1 unspecified atom stereocenters. The SMILES string of the molecule is C=CC1=C(C=C)CC(C)NC1. The molecule has 1 heteroatoms. The van der Waals surface area contributed by atoms with Gasteiger partial charge in [0, 0.05) is 12.6 Å². The summed E-state index contributed by atoms with van der Waals surface area (Å²) in [5.41, 5.74) is 2.63. The van der Waals surface area contributed by atoms with Gasteiger partial charge in [0.25, 0.3) is 0 Å². The highest BCUT2D eigenvalue weighted by atomic mass is 14.9. The molecule has 0 aliphatic carbocycles. The fraction of sp³-hybridized carbons (Fsp3) is 0.400. The normalized spacial score (nSPS) is 25.0.